The van der Waals surface area contributed by atoms with Crippen molar-refractivity contribution in [3.8, 4) is 0 Å². The molecular weight excluding hydrogens is 224 g/mol. The fraction of sp³-hybridized carbons (Fsp3) is 0.667. The Labute approximate surface area is 111 Å². The van der Waals surface area contributed by atoms with Crippen LogP contribution in [0.5, 0.6) is 0 Å². The molecule has 0 amide bonds. The Morgan fingerprint density at radius 2 is 2.06 bits per heavy atom. The number of nitrogens with zero attached hydrogens (tertiary/aromatic N) is 1. The lowest BCUT2D eigenvalue weighted by atomic mass is 9.88. The van der Waals surface area contributed by atoms with Crippen molar-refractivity contribution in [3.63, 3.8) is 0 Å². The third kappa shape index (κ3) is 4.39. The smallest absolute Gasteiger partial charge is 0.0613 e. The normalized spacial score (nSPS) is 13.7. The summed E-state index contributed by atoms with van der Waals surface area (Å²) in [6.07, 6.45) is 1.97. The van der Waals surface area contributed by atoms with Gasteiger partial charge in [-0.2, -0.15) is 0 Å². The standard InChI is InChI=1S/C15H26N2O/c1-11-7-13(8-16-12(2)10-18-6)9-17-14(11)15(3,4)5/h7,9,12,16H,8,10H2,1-6H3. The van der Waals surface area contributed by atoms with Crippen molar-refractivity contribution in [2.24, 2.45) is 0 Å². The Morgan fingerprint density at radius 3 is 2.56 bits per heavy atom. The fourth-order valence-corrected chi connectivity index (χ4v) is 2.12. The maximum atomic E-state index is 5.10. The molecule has 1 N–H and O–H groups in total. The van der Waals surface area contributed by atoms with E-state index in [1.165, 1.54) is 16.8 Å². The van der Waals surface area contributed by atoms with Gasteiger partial charge in [0.15, 0.2) is 0 Å². The summed E-state index contributed by atoms with van der Waals surface area (Å²) in [6.45, 7) is 12.4. The molecule has 3 heteroatoms. The zero-order chi connectivity index (χ0) is 13.8. The first-order chi connectivity index (χ1) is 8.34. The second kappa shape index (κ2) is 6.30. The lowest BCUT2D eigenvalue weighted by Gasteiger charge is -2.21. The molecule has 0 aliphatic heterocycles. The Kier molecular flexibility index (Phi) is 5.29. The van der Waals surface area contributed by atoms with Gasteiger partial charge in [-0.15, -0.1) is 0 Å². The molecule has 1 heterocycles. The van der Waals surface area contributed by atoms with Crippen LogP contribution >= 0.6 is 0 Å². The topological polar surface area (TPSA) is 34.1 Å². The number of aromatic nitrogens is 1. The van der Waals surface area contributed by atoms with Crippen LogP contribution in [0, 0.1) is 6.92 Å². The van der Waals surface area contributed by atoms with Crippen LogP contribution in [0.3, 0.4) is 0 Å². The molecule has 1 atom stereocenters. The molecule has 3 nitrogen and oxygen atoms in total. The van der Waals surface area contributed by atoms with E-state index in [-0.39, 0.29) is 5.41 Å². The average molecular weight is 250 g/mol. The molecular formula is C15H26N2O. The van der Waals surface area contributed by atoms with E-state index in [9.17, 15) is 0 Å². The lowest BCUT2D eigenvalue weighted by molar-refractivity contribution is 0.171. The van der Waals surface area contributed by atoms with Crippen LogP contribution in [0.1, 0.15) is 44.5 Å². The third-order valence-electron chi connectivity index (χ3n) is 2.92. The van der Waals surface area contributed by atoms with E-state index in [2.05, 4.69) is 51.0 Å². The number of hydrogen-bond acceptors (Lipinski definition) is 3. The van der Waals surface area contributed by atoms with Gasteiger partial charge in [-0.05, 0) is 25.0 Å². The average Bonchev–Trinajstić information content (AvgIpc) is 2.25. The molecule has 0 radical (unpaired) electrons. The van der Waals surface area contributed by atoms with Gasteiger partial charge < -0.3 is 10.1 Å². The Hall–Kier alpha value is -0.930. The maximum Gasteiger partial charge on any atom is 0.0613 e. The van der Waals surface area contributed by atoms with E-state index in [4.69, 9.17) is 4.74 Å². The SMILES string of the molecule is COCC(C)NCc1cnc(C(C)(C)C)c(C)c1. The van der Waals surface area contributed by atoms with E-state index in [0.717, 1.165) is 13.2 Å². The van der Waals surface area contributed by atoms with Gasteiger partial charge in [0, 0.05) is 37.0 Å². The highest BCUT2D eigenvalue weighted by molar-refractivity contribution is 5.28. The highest BCUT2D eigenvalue weighted by Gasteiger charge is 2.17. The van der Waals surface area contributed by atoms with Gasteiger partial charge in [0.25, 0.3) is 0 Å². The molecule has 1 rings (SSSR count). The molecule has 18 heavy (non-hydrogen) atoms. The van der Waals surface area contributed by atoms with Crippen LogP contribution in [0.15, 0.2) is 12.3 Å². The number of methoxy groups -OCH3 is 1. The van der Waals surface area contributed by atoms with Gasteiger partial charge in [0.1, 0.15) is 0 Å². The van der Waals surface area contributed by atoms with Crippen LogP contribution < -0.4 is 5.32 Å². The summed E-state index contributed by atoms with van der Waals surface area (Å²) in [5, 5.41) is 3.42. The van der Waals surface area contributed by atoms with Crippen molar-refractivity contribution in [1.29, 1.82) is 0 Å². The second-order valence-corrected chi connectivity index (χ2v) is 6.00. The molecule has 0 aromatic carbocycles. The summed E-state index contributed by atoms with van der Waals surface area (Å²) < 4.78 is 5.10. The number of rotatable bonds is 5. The van der Waals surface area contributed by atoms with Crippen LogP contribution in [0.25, 0.3) is 0 Å². The van der Waals surface area contributed by atoms with Crippen molar-refractivity contribution in [2.45, 2.75) is 52.6 Å². The van der Waals surface area contributed by atoms with Crippen molar-refractivity contribution in [1.82, 2.24) is 10.3 Å². The summed E-state index contributed by atoms with van der Waals surface area (Å²) in [7, 11) is 1.72. The molecule has 0 saturated heterocycles. The highest BCUT2D eigenvalue weighted by atomic mass is 16.5. The zero-order valence-corrected chi connectivity index (χ0v) is 12.5. The summed E-state index contributed by atoms with van der Waals surface area (Å²) >= 11 is 0. The summed E-state index contributed by atoms with van der Waals surface area (Å²) in [5.74, 6) is 0. The third-order valence-corrected chi connectivity index (χ3v) is 2.92. The molecule has 0 aliphatic carbocycles. The minimum atomic E-state index is 0.111. The largest absolute Gasteiger partial charge is 0.383 e. The highest BCUT2D eigenvalue weighted by Crippen LogP contribution is 2.23. The Bertz CT molecular complexity index is 383. The monoisotopic (exact) mass is 250 g/mol. The van der Waals surface area contributed by atoms with Crippen molar-refractivity contribution >= 4 is 0 Å². The molecule has 0 fully saturated rings. The number of pyridine rings is 1. The van der Waals surface area contributed by atoms with Crippen LogP contribution in [-0.4, -0.2) is 24.7 Å². The molecule has 0 spiro atoms. The van der Waals surface area contributed by atoms with Gasteiger partial charge in [0.2, 0.25) is 0 Å². The van der Waals surface area contributed by atoms with E-state index in [1.807, 2.05) is 6.20 Å². The lowest BCUT2D eigenvalue weighted by Crippen LogP contribution is -2.29. The van der Waals surface area contributed by atoms with E-state index >= 15 is 0 Å². The number of nitrogens with one attached hydrogen (secondary N) is 1. The van der Waals surface area contributed by atoms with Gasteiger partial charge in [-0.25, -0.2) is 0 Å². The van der Waals surface area contributed by atoms with E-state index < -0.39 is 0 Å². The quantitative estimate of drug-likeness (QED) is 0.872. The zero-order valence-electron chi connectivity index (χ0n) is 12.5. The number of aryl methyl sites for hydroxylation is 1. The van der Waals surface area contributed by atoms with E-state index in [0.29, 0.717) is 6.04 Å². The van der Waals surface area contributed by atoms with Gasteiger partial charge in [-0.1, -0.05) is 26.8 Å². The first-order valence-corrected chi connectivity index (χ1v) is 6.53. The van der Waals surface area contributed by atoms with Crippen LogP contribution in [-0.2, 0) is 16.7 Å². The van der Waals surface area contributed by atoms with Crippen LogP contribution in [0.4, 0.5) is 0 Å². The first-order valence-electron chi connectivity index (χ1n) is 6.53. The molecule has 0 saturated carbocycles. The molecule has 0 bridgehead atoms. The maximum absolute atomic E-state index is 5.10. The molecule has 102 valence electrons. The second-order valence-electron chi connectivity index (χ2n) is 6.00. The van der Waals surface area contributed by atoms with Crippen LogP contribution in [0.2, 0.25) is 0 Å². The Balaban J connectivity index is 2.68. The predicted molar refractivity (Wildman–Crippen MR) is 75.9 cm³/mol. The van der Waals surface area contributed by atoms with Gasteiger partial charge in [-0.3, -0.25) is 4.98 Å². The van der Waals surface area contributed by atoms with E-state index in [1.54, 1.807) is 7.11 Å². The van der Waals surface area contributed by atoms with Crippen molar-refractivity contribution in [3.05, 3.63) is 29.1 Å². The molecule has 1 aromatic rings. The Morgan fingerprint density at radius 1 is 1.39 bits per heavy atom. The fourth-order valence-electron chi connectivity index (χ4n) is 2.12. The molecule has 1 unspecified atom stereocenters. The minimum absolute atomic E-state index is 0.111. The van der Waals surface area contributed by atoms with Gasteiger partial charge >= 0.3 is 0 Å². The minimum Gasteiger partial charge on any atom is -0.383 e. The van der Waals surface area contributed by atoms with Crippen molar-refractivity contribution in [2.75, 3.05) is 13.7 Å². The number of ether oxygens (including phenoxy) is 1. The molecule has 0 aliphatic rings. The van der Waals surface area contributed by atoms with Gasteiger partial charge in [0.05, 0.1) is 6.61 Å². The predicted octanol–water partition coefficient (Wildman–Crippen LogP) is 2.81. The number of hydrogen-bond donors (Lipinski definition) is 1. The molecule has 1 aromatic heterocycles. The summed E-state index contributed by atoms with van der Waals surface area (Å²) in [4.78, 5) is 4.60. The summed E-state index contributed by atoms with van der Waals surface area (Å²) in [5.41, 5.74) is 3.78. The first kappa shape index (κ1) is 15.1. The van der Waals surface area contributed by atoms with Crippen molar-refractivity contribution < 1.29 is 4.74 Å². The summed E-state index contributed by atoms with van der Waals surface area (Å²) in [6, 6.07) is 2.58.